The maximum absolute atomic E-state index is 10.6. The molecule has 0 saturated heterocycles. The summed E-state index contributed by atoms with van der Waals surface area (Å²) in [5.74, 6) is 0. The third kappa shape index (κ3) is 2.47. The van der Waals surface area contributed by atoms with Crippen LogP contribution < -0.4 is 0 Å². The Labute approximate surface area is 87.8 Å². The molecule has 0 spiro atoms. The monoisotopic (exact) mass is 198 g/mol. The topological polar surface area (TPSA) is 42.9 Å². The minimum atomic E-state index is 0.608. The van der Waals surface area contributed by atoms with Crippen LogP contribution in [0.5, 0.6) is 0 Å². The normalized spacial score (nSPS) is 9.87. The lowest BCUT2D eigenvalue weighted by Gasteiger charge is -2.00. The zero-order valence-electron chi connectivity index (χ0n) is 8.13. The molecule has 0 unspecified atom stereocenters. The van der Waals surface area contributed by atoms with Crippen LogP contribution in [0.2, 0.25) is 0 Å². The molecule has 0 aliphatic rings. The molecule has 2 aromatic rings. The van der Waals surface area contributed by atoms with E-state index < -0.39 is 0 Å². The van der Waals surface area contributed by atoms with Crippen LogP contribution in [0.25, 0.3) is 0 Å². The number of carbonyl (C=O) groups excluding carboxylic acids is 1. The van der Waals surface area contributed by atoms with Gasteiger partial charge in [-0.3, -0.25) is 14.8 Å². The Hall–Kier alpha value is -2.03. The van der Waals surface area contributed by atoms with Gasteiger partial charge in [0.1, 0.15) is 0 Å². The first-order valence-electron chi connectivity index (χ1n) is 4.66. The fraction of sp³-hybridized carbons (Fsp3) is 0.0833. The Kier molecular flexibility index (Phi) is 2.83. The van der Waals surface area contributed by atoms with Gasteiger partial charge in [0.2, 0.25) is 0 Å². The second-order valence-corrected chi connectivity index (χ2v) is 3.28. The van der Waals surface area contributed by atoms with Gasteiger partial charge in [0.25, 0.3) is 0 Å². The SMILES string of the molecule is O=Cc1cncc(Cc2cccnc2)c1. The summed E-state index contributed by atoms with van der Waals surface area (Å²) in [6, 6.07) is 5.74. The number of pyridine rings is 2. The lowest BCUT2D eigenvalue weighted by molar-refractivity contribution is 0.112. The molecule has 3 nitrogen and oxygen atoms in total. The number of hydrogen-bond donors (Lipinski definition) is 0. The average molecular weight is 198 g/mol. The van der Waals surface area contributed by atoms with Crippen molar-refractivity contribution in [1.29, 1.82) is 0 Å². The molecule has 0 bridgehead atoms. The molecule has 74 valence electrons. The maximum Gasteiger partial charge on any atom is 0.151 e. The predicted octanol–water partition coefficient (Wildman–Crippen LogP) is 1.88. The second-order valence-electron chi connectivity index (χ2n) is 3.28. The fourth-order valence-electron chi connectivity index (χ4n) is 1.41. The lowest BCUT2D eigenvalue weighted by Crippen LogP contribution is -1.92. The Balaban J connectivity index is 2.21. The quantitative estimate of drug-likeness (QED) is 0.707. The van der Waals surface area contributed by atoms with Crippen LogP contribution in [0.4, 0.5) is 0 Å². The van der Waals surface area contributed by atoms with Crippen molar-refractivity contribution >= 4 is 6.29 Å². The Morgan fingerprint density at radius 3 is 2.73 bits per heavy atom. The van der Waals surface area contributed by atoms with Crippen molar-refractivity contribution in [2.24, 2.45) is 0 Å². The molecule has 0 aromatic carbocycles. The van der Waals surface area contributed by atoms with E-state index in [9.17, 15) is 4.79 Å². The van der Waals surface area contributed by atoms with Gasteiger partial charge in [0.05, 0.1) is 0 Å². The van der Waals surface area contributed by atoms with Crippen molar-refractivity contribution in [3.8, 4) is 0 Å². The third-order valence-corrected chi connectivity index (χ3v) is 2.08. The highest BCUT2D eigenvalue weighted by Gasteiger charge is 1.98. The van der Waals surface area contributed by atoms with Crippen LogP contribution in [-0.4, -0.2) is 16.3 Å². The van der Waals surface area contributed by atoms with E-state index in [1.165, 1.54) is 0 Å². The highest BCUT2D eigenvalue weighted by atomic mass is 16.1. The molecule has 3 heteroatoms. The highest BCUT2D eigenvalue weighted by Crippen LogP contribution is 2.07. The molecule has 0 N–H and O–H groups in total. The van der Waals surface area contributed by atoms with E-state index in [1.807, 2.05) is 24.4 Å². The Bertz CT molecular complexity index is 454. The van der Waals surface area contributed by atoms with Crippen LogP contribution in [0.3, 0.4) is 0 Å². The Morgan fingerprint density at radius 2 is 2.00 bits per heavy atom. The van der Waals surface area contributed by atoms with Crippen LogP contribution in [0, 0.1) is 0 Å². The van der Waals surface area contributed by atoms with Crippen molar-refractivity contribution < 1.29 is 4.79 Å². The van der Waals surface area contributed by atoms with Gasteiger partial charge in [-0.15, -0.1) is 0 Å². The number of rotatable bonds is 3. The summed E-state index contributed by atoms with van der Waals surface area (Å²) in [4.78, 5) is 18.6. The molecule has 0 fully saturated rings. The van der Waals surface area contributed by atoms with Crippen LogP contribution in [0.1, 0.15) is 21.5 Å². The first-order chi connectivity index (χ1) is 7.38. The molecule has 15 heavy (non-hydrogen) atoms. The summed E-state index contributed by atoms with van der Waals surface area (Å²) in [5.41, 5.74) is 2.74. The number of aromatic nitrogens is 2. The zero-order valence-corrected chi connectivity index (χ0v) is 8.13. The van der Waals surface area contributed by atoms with E-state index in [4.69, 9.17) is 0 Å². The van der Waals surface area contributed by atoms with Crippen molar-refractivity contribution in [2.75, 3.05) is 0 Å². The van der Waals surface area contributed by atoms with Crippen LogP contribution >= 0.6 is 0 Å². The molecular formula is C12H10N2O. The van der Waals surface area contributed by atoms with Crippen molar-refractivity contribution in [1.82, 2.24) is 9.97 Å². The van der Waals surface area contributed by atoms with E-state index in [-0.39, 0.29) is 0 Å². The number of aldehydes is 1. The Morgan fingerprint density at radius 1 is 1.13 bits per heavy atom. The lowest BCUT2D eigenvalue weighted by atomic mass is 10.1. The number of carbonyl (C=O) groups is 1. The summed E-state index contributed by atoms with van der Waals surface area (Å²) in [5, 5.41) is 0. The molecule has 2 heterocycles. The van der Waals surface area contributed by atoms with Crippen molar-refractivity contribution in [2.45, 2.75) is 6.42 Å². The van der Waals surface area contributed by atoms with E-state index in [2.05, 4.69) is 9.97 Å². The summed E-state index contributed by atoms with van der Waals surface area (Å²) in [6.07, 6.45) is 8.43. The first kappa shape index (κ1) is 9.52. The van der Waals surface area contributed by atoms with Gasteiger partial charge in [-0.25, -0.2) is 0 Å². The highest BCUT2D eigenvalue weighted by molar-refractivity contribution is 5.74. The smallest absolute Gasteiger partial charge is 0.151 e. The molecular weight excluding hydrogens is 188 g/mol. The van der Waals surface area contributed by atoms with Crippen LogP contribution in [-0.2, 0) is 6.42 Å². The number of hydrogen-bond acceptors (Lipinski definition) is 3. The number of nitrogens with zero attached hydrogens (tertiary/aromatic N) is 2. The van der Waals surface area contributed by atoms with Gasteiger partial charge < -0.3 is 0 Å². The minimum Gasteiger partial charge on any atom is -0.298 e. The predicted molar refractivity (Wildman–Crippen MR) is 56.7 cm³/mol. The van der Waals surface area contributed by atoms with E-state index in [0.29, 0.717) is 5.56 Å². The molecule has 0 radical (unpaired) electrons. The molecule has 0 aliphatic heterocycles. The van der Waals surface area contributed by atoms with Gasteiger partial charge in [0.15, 0.2) is 6.29 Å². The average Bonchev–Trinajstić information content (AvgIpc) is 2.31. The maximum atomic E-state index is 10.6. The molecule has 2 aromatic heterocycles. The van der Waals surface area contributed by atoms with Crippen LogP contribution in [0.15, 0.2) is 43.0 Å². The molecule has 2 rings (SSSR count). The molecule has 0 aliphatic carbocycles. The summed E-state index contributed by atoms with van der Waals surface area (Å²) in [7, 11) is 0. The molecule has 0 amide bonds. The summed E-state index contributed by atoms with van der Waals surface area (Å²) < 4.78 is 0. The zero-order chi connectivity index (χ0) is 10.5. The van der Waals surface area contributed by atoms with Crippen molar-refractivity contribution in [3.63, 3.8) is 0 Å². The third-order valence-electron chi connectivity index (χ3n) is 2.08. The first-order valence-corrected chi connectivity index (χ1v) is 4.66. The summed E-state index contributed by atoms with van der Waals surface area (Å²) >= 11 is 0. The van der Waals surface area contributed by atoms with Crippen molar-refractivity contribution in [3.05, 3.63) is 59.7 Å². The molecule has 0 saturated carbocycles. The largest absolute Gasteiger partial charge is 0.298 e. The van der Waals surface area contributed by atoms with E-state index in [0.717, 1.165) is 23.8 Å². The standard InChI is InChI=1S/C12H10N2O/c15-9-12-5-11(7-14-8-12)4-10-2-1-3-13-6-10/h1-3,5-9H,4H2. The summed E-state index contributed by atoms with van der Waals surface area (Å²) in [6.45, 7) is 0. The molecule has 0 atom stereocenters. The minimum absolute atomic E-state index is 0.608. The second kappa shape index (κ2) is 4.46. The fourth-order valence-corrected chi connectivity index (χ4v) is 1.41. The van der Waals surface area contributed by atoms with E-state index in [1.54, 1.807) is 18.6 Å². The van der Waals surface area contributed by atoms with E-state index >= 15 is 0 Å². The van der Waals surface area contributed by atoms with Gasteiger partial charge >= 0.3 is 0 Å². The van der Waals surface area contributed by atoms with Gasteiger partial charge in [-0.1, -0.05) is 6.07 Å². The van der Waals surface area contributed by atoms with Gasteiger partial charge in [-0.2, -0.15) is 0 Å². The van der Waals surface area contributed by atoms with Gasteiger partial charge in [0, 0.05) is 36.8 Å². The van der Waals surface area contributed by atoms with Gasteiger partial charge in [-0.05, 0) is 23.3 Å².